The van der Waals surface area contributed by atoms with Crippen molar-refractivity contribution in [2.24, 2.45) is 0 Å². The largest absolute Gasteiger partial charge is 0.495 e. The van der Waals surface area contributed by atoms with E-state index in [0.717, 1.165) is 5.69 Å². The first-order valence-corrected chi connectivity index (χ1v) is 9.05. The molecule has 1 N–H and O–H groups in total. The predicted octanol–water partition coefficient (Wildman–Crippen LogP) is 2.14. The fraction of sp³-hybridized carbons (Fsp3) is 0.368. The number of rotatable bonds is 5. The lowest BCUT2D eigenvalue weighted by molar-refractivity contribution is 0.0565. The van der Waals surface area contributed by atoms with Crippen LogP contribution in [0.1, 0.15) is 17.4 Å². The monoisotopic (exact) mass is 385 g/mol. The Balaban J connectivity index is 1.59. The van der Waals surface area contributed by atoms with Gasteiger partial charge in [0.2, 0.25) is 0 Å². The van der Waals surface area contributed by atoms with Gasteiger partial charge in [0.15, 0.2) is 0 Å². The van der Waals surface area contributed by atoms with E-state index in [9.17, 15) is 9.59 Å². The van der Waals surface area contributed by atoms with Crippen LogP contribution in [0.15, 0.2) is 36.7 Å². The third-order valence-electron chi connectivity index (χ3n) is 4.33. The number of anilines is 2. The van der Waals surface area contributed by atoms with Crippen LogP contribution in [-0.4, -0.2) is 71.7 Å². The van der Waals surface area contributed by atoms with Gasteiger partial charge in [-0.05, 0) is 19.1 Å². The van der Waals surface area contributed by atoms with Gasteiger partial charge in [-0.1, -0.05) is 12.1 Å². The zero-order valence-corrected chi connectivity index (χ0v) is 15.9. The van der Waals surface area contributed by atoms with E-state index in [1.54, 1.807) is 23.8 Å². The molecule has 1 aliphatic heterocycles. The number of amides is 2. The third-order valence-corrected chi connectivity index (χ3v) is 4.33. The Bertz CT molecular complexity index is 819. The van der Waals surface area contributed by atoms with Gasteiger partial charge >= 0.3 is 6.09 Å². The maximum Gasteiger partial charge on any atom is 0.409 e. The first-order valence-electron chi connectivity index (χ1n) is 9.05. The highest BCUT2D eigenvalue weighted by molar-refractivity contribution is 5.92. The summed E-state index contributed by atoms with van der Waals surface area (Å²) < 4.78 is 10.3. The molecule has 9 heteroatoms. The predicted molar refractivity (Wildman–Crippen MR) is 103 cm³/mol. The van der Waals surface area contributed by atoms with Crippen molar-refractivity contribution in [2.45, 2.75) is 6.92 Å². The number of methoxy groups -OCH3 is 1. The average molecular weight is 385 g/mol. The highest BCUT2D eigenvalue weighted by Crippen LogP contribution is 2.25. The molecule has 0 aliphatic carbocycles. The van der Waals surface area contributed by atoms with Gasteiger partial charge in [0.05, 0.1) is 31.8 Å². The van der Waals surface area contributed by atoms with Crippen LogP contribution >= 0.6 is 0 Å². The molecule has 1 fully saturated rings. The van der Waals surface area contributed by atoms with Crippen LogP contribution in [-0.2, 0) is 4.74 Å². The number of nitrogens with one attached hydrogen (secondary N) is 1. The molecular weight excluding hydrogens is 362 g/mol. The first-order chi connectivity index (χ1) is 13.6. The normalized spacial score (nSPS) is 13.8. The molecular formula is C19H23N5O4. The van der Waals surface area contributed by atoms with Gasteiger partial charge in [-0.2, -0.15) is 0 Å². The summed E-state index contributed by atoms with van der Waals surface area (Å²) in [6.45, 7) is 3.84. The van der Waals surface area contributed by atoms with Crippen molar-refractivity contribution in [3.05, 3.63) is 42.4 Å². The van der Waals surface area contributed by atoms with Gasteiger partial charge < -0.3 is 24.6 Å². The summed E-state index contributed by atoms with van der Waals surface area (Å²) >= 11 is 0. The van der Waals surface area contributed by atoms with Gasteiger partial charge in [-0.15, -0.1) is 0 Å². The minimum atomic E-state index is -0.346. The third kappa shape index (κ3) is 4.48. The van der Waals surface area contributed by atoms with Crippen molar-refractivity contribution >= 4 is 23.5 Å². The van der Waals surface area contributed by atoms with Crippen LogP contribution in [0.2, 0.25) is 0 Å². The van der Waals surface area contributed by atoms with Crippen LogP contribution in [0.5, 0.6) is 5.75 Å². The summed E-state index contributed by atoms with van der Waals surface area (Å²) in [7, 11) is 1.59. The standard InChI is InChI=1S/C19H23N5O4/c1-3-28-19(26)24-10-8-23(9-11-24)18(25)15-12-21-17(13-20-15)22-14-6-4-5-7-16(14)27-2/h4-7,12-13H,3,8-11H2,1-2H3,(H,21,22). The van der Waals surface area contributed by atoms with E-state index in [-0.39, 0.29) is 17.7 Å². The second-order valence-electron chi connectivity index (χ2n) is 6.09. The second-order valence-corrected chi connectivity index (χ2v) is 6.09. The molecule has 0 saturated carbocycles. The Morgan fingerprint density at radius 1 is 1.07 bits per heavy atom. The summed E-state index contributed by atoms with van der Waals surface area (Å²) in [5, 5.41) is 3.12. The molecule has 2 amide bonds. The number of ether oxygens (including phenoxy) is 2. The average Bonchev–Trinajstić information content (AvgIpc) is 2.74. The van der Waals surface area contributed by atoms with Crippen molar-refractivity contribution in [3.63, 3.8) is 0 Å². The molecule has 28 heavy (non-hydrogen) atoms. The number of nitrogens with zero attached hydrogens (tertiary/aromatic N) is 4. The number of para-hydroxylation sites is 2. The molecule has 1 aliphatic rings. The molecule has 0 bridgehead atoms. The summed E-state index contributed by atoms with van der Waals surface area (Å²) in [4.78, 5) is 36.1. The van der Waals surface area contributed by atoms with Gasteiger partial charge in [-0.25, -0.2) is 14.8 Å². The van der Waals surface area contributed by atoms with Gasteiger partial charge in [0.25, 0.3) is 5.91 Å². The molecule has 0 spiro atoms. The van der Waals surface area contributed by atoms with E-state index in [0.29, 0.717) is 44.4 Å². The van der Waals surface area contributed by atoms with Crippen molar-refractivity contribution in [1.82, 2.24) is 19.8 Å². The van der Waals surface area contributed by atoms with E-state index in [1.165, 1.54) is 12.4 Å². The van der Waals surface area contributed by atoms with E-state index in [4.69, 9.17) is 9.47 Å². The summed E-state index contributed by atoms with van der Waals surface area (Å²) in [6.07, 6.45) is 2.60. The van der Waals surface area contributed by atoms with Crippen LogP contribution in [0.4, 0.5) is 16.3 Å². The topological polar surface area (TPSA) is 96.9 Å². The number of carbonyl (C=O) groups is 2. The van der Waals surface area contributed by atoms with Crippen LogP contribution in [0, 0.1) is 0 Å². The zero-order valence-electron chi connectivity index (χ0n) is 15.9. The molecule has 0 unspecified atom stereocenters. The van der Waals surface area contributed by atoms with Crippen molar-refractivity contribution in [3.8, 4) is 5.75 Å². The number of carbonyl (C=O) groups excluding carboxylic acids is 2. The number of piperazine rings is 1. The van der Waals surface area contributed by atoms with Gasteiger partial charge in [0, 0.05) is 26.2 Å². The lowest BCUT2D eigenvalue weighted by Crippen LogP contribution is -2.50. The highest BCUT2D eigenvalue weighted by atomic mass is 16.6. The minimum Gasteiger partial charge on any atom is -0.495 e. The fourth-order valence-corrected chi connectivity index (χ4v) is 2.86. The van der Waals surface area contributed by atoms with Gasteiger partial charge in [0.1, 0.15) is 17.3 Å². The first kappa shape index (κ1) is 19.4. The Hall–Kier alpha value is -3.36. The summed E-state index contributed by atoms with van der Waals surface area (Å²) in [5.41, 5.74) is 1.02. The van der Waals surface area contributed by atoms with E-state index in [2.05, 4.69) is 15.3 Å². The summed E-state index contributed by atoms with van der Waals surface area (Å²) in [6, 6.07) is 7.46. The zero-order chi connectivity index (χ0) is 19.9. The number of aromatic nitrogens is 2. The van der Waals surface area contributed by atoms with Crippen LogP contribution in [0.25, 0.3) is 0 Å². The maximum atomic E-state index is 12.6. The molecule has 0 atom stereocenters. The number of hydrogen-bond acceptors (Lipinski definition) is 7. The second kappa shape index (κ2) is 9.03. The fourth-order valence-electron chi connectivity index (χ4n) is 2.86. The quantitative estimate of drug-likeness (QED) is 0.842. The number of benzene rings is 1. The number of hydrogen-bond donors (Lipinski definition) is 1. The highest BCUT2D eigenvalue weighted by Gasteiger charge is 2.26. The Morgan fingerprint density at radius 3 is 2.43 bits per heavy atom. The Morgan fingerprint density at radius 2 is 1.79 bits per heavy atom. The van der Waals surface area contributed by atoms with E-state index >= 15 is 0 Å². The van der Waals surface area contributed by atoms with E-state index < -0.39 is 0 Å². The molecule has 1 aromatic carbocycles. The Kier molecular flexibility index (Phi) is 6.25. The molecule has 1 saturated heterocycles. The van der Waals surface area contributed by atoms with Crippen molar-refractivity contribution in [1.29, 1.82) is 0 Å². The molecule has 2 aromatic rings. The minimum absolute atomic E-state index is 0.208. The van der Waals surface area contributed by atoms with Crippen molar-refractivity contribution < 1.29 is 19.1 Å². The molecule has 0 radical (unpaired) electrons. The molecule has 9 nitrogen and oxygen atoms in total. The molecule has 1 aromatic heterocycles. The van der Waals surface area contributed by atoms with Crippen molar-refractivity contribution in [2.75, 3.05) is 45.2 Å². The molecule has 148 valence electrons. The maximum absolute atomic E-state index is 12.6. The molecule has 2 heterocycles. The SMILES string of the molecule is CCOC(=O)N1CCN(C(=O)c2cnc(Nc3ccccc3OC)cn2)CC1. The summed E-state index contributed by atoms with van der Waals surface area (Å²) in [5.74, 6) is 0.983. The smallest absolute Gasteiger partial charge is 0.409 e. The lowest BCUT2D eigenvalue weighted by atomic mass is 10.3. The van der Waals surface area contributed by atoms with Crippen LogP contribution in [0.3, 0.4) is 0 Å². The van der Waals surface area contributed by atoms with Crippen LogP contribution < -0.4 is 10.1 Å². The van der Waals surface area contributed by atoms with Gasteiger partial charge in [-0.3, -0.25) is 4.79 Å². The lowest BCUT2D eigenvalue weighted by Gasteiger charge is -2.33. The Labute approximate surface area is 163 Å². The molecule has 3 rings (SSSR count). The van der Waals surface area contributed by atoms with E-state index in [1.807, 2.05) is 24.3 Å².